The second-order valence-corrected chi connectivity index (χ2v) is 5.34. The highest BCUT2D eigenvalue weighted by atomic mass is 19.1. The van der Waals surface area contributed by atoms with E-state index in [4.69, 9.17) is 4.74 Å². The number of aromatic amines is 1. The van der Waals surface area contributed by atoms with E-state index in [0.29, 0.717) is 13.2 Å². The van der Waals surface area contributed by atoms with E-state index in [9.17, 15) is 9.18 Å². The van der Waals surface area contributed by atoms with Gasteiger partial charge in [0.25, 0.3) is 0 Å². The van der Waals surface area contributed by atoms with Gasteiger partial charge in [-0.05, 0) is 50.1 Å². The zero-order valence-electron chi connectivity index (χ0n) is 13.5. The van der Waals surface area contributed by atoms with Gasteiger partial charge in [0.05, 0.1) is 5.69 Å². The van der Waals surface area contributed by atoms with Gasteiger partial charge in [-0.15, -0.1) is 0 Å². The van der Waals surface area contributed by atoms with Crippen LogP contribution in [0.1, 0.15) is 19.0 Å². The number of hydrogen-bond donors (Lipinski definition) is 1. The van der Waals surface area contributed by atoms with E-state index in [1.165, 1.54) is 12.1 Å². The Bertz CT molecular complexity index is 625. The Labute approximate surface area is 135 Å². The van der Waals surface area contributed by atoms with Crippen LogP contribution in [0.3, 0.4) is 0 Å². The molecule has 0 unspecified atom stereocenters. The lowest BCUT2D eigenvalue weighted by molar-refractivity contribution is -0.134. The van der Waals surface area contributed by atoms with E-state index in [1.54, 1.807) is 24.1 Å². The second kappa shape index (κ2) is 8.43. The maximum Gasteiger partial charge on any atom is 0.248 e. The standard InChI is InChI=1S/C17H22FN3O2/c1-3-23-12-17(22)21(2)10-4-5-15-11-16(20-19-15)13-6-8-14(18)9-7-13/h6-9,11H,3-5,10,12H2,1-2H3,(H,19,20). The number of aromatic nitrogens is 2. The molecule has 1 amide bonds. The van der Waals surface area contributed by atoms with Crippen molar-refractivity contribution in [2.75, 3.05) is 26.8 Å². The van der Waals surface area contributed by atoms with Gasteiger partial charge in [0.15, 0.2) is 0 Å². The molecule has 0 fully saturated rings. The van der Waals surface area contributed by atoms with Crippen LogP contribution in [0.2, 0.25) is 0 Å². The van der Waals surface area contributed by atoms with Crippen LogP contribution in [-0.2, 0) is 16.0 Å². The molecule has 2 aromatic rings. The molecule has 124 valence electrons. The fourth-order valence-electron chi connectivity index (χ4n) is 2.19. The highest BCUT2D eigenvalue weighted by Crippen LogP contribution is 2.18. The van der Waals surface area contributed by atoms with Gasteiger partial charge in [-0.3, -0.25) is 9.89 Å². The average Bonchev–Trinajstić information content (AvgIpc) is 3.02. The van der Waals surface area contributed by atoms with Gasteiger partial charge in [0.1, 0.15) is 12.4 Å². The SMILES string of the molecule is CCOCC(=O)N(C)CCCc1cc(-c2ccc(F)cc2)n[nH]1. The number of amides is 1. The van der Waals surface area contributed by atoms with Gasteiger partial charge >= 0.3 is 0 Å². The zero-order valence-corrected chi connectivity index (χ0v) is 13.5. The van der Waals surface area contributed by atoms with E-state index < -0.39 is 0 Å². The van der Waals surface area contributed by atoms with Crippen molar-refractivity contribution in [2.24, 2.45) is 0 Å². The number of benzene rings is 1. The monoisotopic (exact) mass is 319 g/mol. The molecule has 23 heavy (non-hydrogen) atoms. The predicted octanol–water partition coefficient (Wildman–Crippen LogP) is 2.64. The van der Waals surface area contributed by atoms with Gasteiger partial charge in [0, 0.05) is 31.5 Å². The molecule has 1 N–H and O–H groups in total. The zero-order chi connectivity index (χ0) is 16.7. The Balaban J connectivity index is 1.81. The summed E-state index contributed by atoms with van der Waals surface area (Å²) in [5.41, 5.74) is 2.66. The van der Waals surface area contributed by atoms with Crippen LogP contribution < -0.4 is 0 Å². The third kappa shape index (κ3) is 5.17. The van der Waals surface area contributed by atoms with Crippen LogP contribution in [-0.4, -0.2) is 47.8 Å². The number of hydrogen-bond acceptors (Lipinski definition) is 3. The summed E-state index contributed by atoms with van der Waals surface area (Å²) in [4.78, 5) is 13.4. The number of nitrogens with zero attached hydrogens (tertiary/aromatic N) is 2. The molecule has 1 heterocycles. The molecule has 0 radical (unpaired) electrons. The minimum Gasteiger partial charge on any atom is -0.372 e. The third-order valence-electron chi connectivity index (χ3n) is 3.57. The fourth-order valence-corrected chi connectivity index (χ4v) is 2.19. The average molecular weight is 319 g/mol. The molecular weight excluding hydrogens is 297 g/mol. The molecule has 0 aliphatic carbocycles. The summed E-state index contributed by atoms with van der Waals surface area (Å²) in [7, 11) is 1.78. The van der Waals surface area contributed by atoms with Crippen LogP contribution in [0.25, 0.3) is 11.3 Å². The Hall–Kier alpha value is -2.21. The lowest BCUT2D eigenvalue weighted by Gasteiger charge is -2.16. The van der Waals surface area contributed by atoms with E-state index in [0.717, 1.165) is 29.8 Å². The lowest BCUT2D eigenvalue weighted by Crippen LogP contribution is -2.31. The number of aryl methyl sites for hydroxylation is 1. The minimum absolute atomic E-state index is 0.0107. The van der Waals surface area contributed by atoms with Crippen molar-refractivity contribution in [3.8, 4) is 11.3 Å². The number of carbonyl (C=O) groups is 1. The number of ether oxygens (including phenoxy) is 1. The molecule has 1 aromatic heterocycles. The van der Waals surface area contributed by atoms with Crippen molar-refractivity contribution in [2.45, 2.75) is 19.8 Å². The molecule has 5 nitrogen and oxygen atoms in total. The smallest absolute Gasteiger partial charge is 0.248 e. The fraction of sp³-hybridized carbons (Fsp3) is 0.412. The van der Waals surface area contributed by atoms with E-state index in [1.807, 2.05) is 13.0 Å². The molecule has 0 bridgehead atoms. The molecule has 0 spiro atoms. The first-order chi connectivity index (χ1) is 11.1. The largest absolute Gasteiger partial charge is 0.372 e. The Morgan fingerprint density at radius 1 is 1.35 bits per heavy atom. The topological polar surface area (TPSA) is 58.2 Å². The van der Waals surface area contributed by atoms with Crippen molar-refractivity contribution >= 4 is 5.91 Å². The number of carbonyl (C=O) groups excluding carboxylic acids is 1. The van der Waals surface area contributed by atoms with Crippen molar-refractivity contribution in [3.63, 3.8) is 0 Å². The molecule has 2 rings (SSSR count). The molecule has 0 saturated carbocycles. The van der Waals surface area contributed by atoms with E-state index in [-0.39, 0.29) is 18.3 Å². The summed E-state index contributed by atoms with van der Waals surface area (Å²) in [6.45, 7) is 3.20. The summed E-state index contributed by atoms with van der Waals surface area (Å²) in [6.07, 6.45) is 1.62. The van der Waals surface area contributed by atoms with Gasteiger partial charge in [0.2, 0.25) is 5.91 Å². The van der Waals surface area contributed by atoms with Crippen molar-refractivity contribution in [3.05, 3.63) is 41.8 Å². The second-order valence-electron chi connectivity index (χ2n) is 5.34. The predicted molar refractivity (Wildman–Crippen MR) is 86.4 cm³/mol. The van der Waals surface area contributed by atoms with Crippen molar-refractivity contribution in [1.29, 1.82) is 0 Å². The summed E-state index contributed by atoms with van der Waals surface area (Å²) in [5.74, 6) is -0.271. The van der Waals surface area contributed by atoms with Crippen LogP contribution in [0.4, 0.5) is 4.39 Å². The van der Waals surface area contributed by atoms with E-state index >= 15 is 0 Å². The molecule has 0 aliphatic rings. The number of likely N-dealkylation sites (N-methyl/N-ethyl adjacent to an activating group) is 1. The number of nitrogens with one attached hydrogen (secondary N) is 1. The van der Waals surface area contributed by atoms with Gasteiger partial charge in [-0.25, -0.2) is 4.39 Å². The number of rotatable bonds is 8. The number of H-pyrrole nitrogens is 1. The first kappa shape index (κ1) is 17.1. The lowest BCUT2D eigenvalue weighted by atomic mass is 10.1. The van der Waals surface area contributed by atoms with Crippen LogP contribution >= 0.6 is 0 Å². The van der Waals surface area contributed by atoms with Crippen molar-refractivity contribution in [1.82, 2.24) is 15.1 Å². The Morgan fingerprint density at radius 2 is 2.09 bits per heavy atom. The number of halogens is 1. The Kier molecular flexibility index (Phi) is 6.29. The third-order valence-corrected chi connectivity index (χ3v) is 3.57. The molecular formula is C17H22FN3O2. The minimum atomic E-state index is -0.260. The van der Waals surface area contributed by atoms with Gasteiger partial charge < -0.3 is 9.64 Å². The van der Waals surface area contributed by atoms with Crippen molar-refractivity contribution < 1.29 is 13.9 Å². The maximum atomic E-state index is 12.9. The molecule has 0 saturated heterocycles. The quantitative estimate of drug-likeness (QED) is 0.814. The first-order valence-corrected chi connectivity index (χ1v) is 7.72. The molecule has 0 aliphatic heterocycles. The first-order valence-electron chi connectivity index (χ1n) is 7.72. The van der Waals surface area contributed by atoms with E-state index in [2.05, 4.69) is 10.2 Å². The summed E-state index contributed by atoms with van der Waals surface area (Å²) < 4.78 is 18.0. The highest BCUT2D eigenvalue weighted by Gasteiger charge is 2.09. The highest BCUT2D eigenvalue weighted by molar-refractivity contribution is 5.77. The molecule has 0 atom stereocenters. The summed E-state index contributed by atoms with van der Waals surface area (Å²) in [5, 5.41) is 7.23. The summed E-state index contributed by atoms with van der Waals surface area (Å²) in [6, 6.07) is 8.20. The molecule has 6 heteroatoms. The molecule has 1 aromatic carbocycles. The summed E-state index contributed by atoms with van der Waals surface area (Å²) >= 11 is 0. The van der Waals surface area contributed by atoms with Gasteiger partial charge in [-0.1, -0.05) is 0 Å². The van der Waals surface area contributed by atoms with Gasteiger partial charge in [-0.2, -0.15) is 5.10 Å². The maximum absolute atomic E-state index is 12.9. The normalized spacial score (nSPS) is 10.7. The van der Waals surface area contributed by atoms with Crippen LogP contribution in [0.5, 0.6) is 0 Å². The Morgan fingerprint density at radius 3 is 2.78 bits per heavy atom. The van der Waals surface area contributed by atoms with Crippen LogP contribution in [0.15, 0.2) is 30.3 Å². The van der Waals surface area contributed by atoms with Crippen LogP contribution in [0, 0.1) is 5.82 Å².